The minimum Gasteiger partial charge on any atom is -0.241 e. The Kier molecular flexibility index (Phi) is 4.50. The highest BCUT2D eigenvalue weighted by Gasteiger charge is 2.49. The molecule has 0 N–H and O–H groups in total. The smallest absolute Gasteiger partial charge is 0.241 e. The van der Waals surface area contributed by atoms with Crippen molar-refractivity contribution >= 4 is 0 Å². The molecular weight excluding hydrogens is 282 g/mol. The molecular formula is C18H22F2N2. The van der Waals surface area contributed by atoms with Crippen molar-refractivity contribution in [1.82, 2.24) is 9.78 Å². The Morgan fingerprint density at radius 2 is 1.86 bits per heavy atom. The van der Waals surface area contributed by atoms with E-state index in [1.165, 1.54) is 0 Å². The van der Waals surface area contributed by atoms with Crippen molar-refractivity contribution in [1.29, 1.82) is 0 Å². The molecule has 22 heavy (non-hydrogen) atoms. The molecule has 1 heterocycles. The zero-order chi connectivity index (χ0) is 16.4. The molecule has 1 atom stereocenters. The van der Waals surface area contributed by atoms with Crippen molar-refractivity contribution in [2.24, 2.45) is 5.41 Å². The Bertz CT molecular complexity index is 608. The summed E-state index contributed by atoms with van der Waals surface area (Å²) >= 11 is 0. The molecule has 1 unspecified atom stereocenters. The number of alkyl halides is 2. The van der Waals surface area contributed by atoms with Gasteiger partial charge < -0.3 is 0 Å². The first-order chi connectivity index (χ1) is 10.3. The molecule has 118 valence electrons. The van der Waals surface area contributed by atoms with E-state index in [-0.39, 0.29) is 6.42 Å². The second-order valence-electron chi connectivity index (χ2n) is 6.49. The van der Waals surface area contributed by atoms with E-state index >= 15 is 0 Å². The Labute approximate surface area is 130 Å². The summed E-state index contributed by atoms with van der Waals surface area (Å²) in [4.78, 5) is 0. The van der Waals surface area contributed by atoms with Crippen molar-refractivity contribution in [3.63, 3.8) is 0 Å². The topological polar surface area (TPSA) is 17.8 Å². The van der Waals surface area contributed by atoms with Gasteiger partial charge in [-0.15, -0.1) is 6.58 Å². The Hall–Kier alpha value is -1.97. The normalized spacial score (nSPS) is 13.9. The lowest BCUT2D eigenvalue weighted by atomic mass is 9.76. The molecule has 2 aromatic rings. The van der Waals surface area contributed by atoms with E-state index in [0.717, 1.165) is 5.69 Å². The molecule has 0 saturated carbocycles. The first-order valence-electron chi connectivity index (χ1n) is 7.36. The van der Waals surface area contributed by atoms with Crippen LogP contribution in [0.15, 0.2) is 55.4 Å². The lowest BCUT2D eigenvalue weighted by molar-refractivity contribution is -0.118. The van der Waals surface area contributed by atoms with Crippen LogP contribution in [-0.4, -0.2) is 15.7 Å². The molecule has 1 aromatic carbocycles. The molecule has 1 aromatic heterocycles. The number of aromatic nitrogens is 2. The zero-order valence-corrected chi connectivity index (χ0v) is 13.3. The van der Waals surface area contributed by atoms with Crippen LogP contribution in [0.1, 0.15) is 38.7 Å². The second kappa shape index (κ2) is 6.03. The van der Waals surface area contributed by atoms with Gasteiger partial charge in [-0.2, -0.15) is 5.10 Å². The van der Waals surface area contributed by atoms with Crippen molar-refractivity contribution in [3.05, 3.63) is 60.9 Å². The first-order valence-corrected chi connectivity index (χ1v) is 7.36. The molecule has 0 radical (unpaired) electrons. The number of hydrogen-bond acceptors (Lipinski definition) is 1. The number of rotatable bonds is 5. The maximum Gasteiger partial charge on any atom is 0.259 e. The molecule has 0 amide bonds. The number of benzene rings is 1. The summed E-state index contributed by atoms with van der Waals surface area (Å²) in [5.41, 5.74) is 0.363. The zero-order valence-electron chi connectivity index (χ0n) is 13.3. The van der Waals surface area contributed by atoms with Crippen LogP contribution in [0, 0.1) is 5.41 Å². The average Bonchev–Trinajstić information content (AvgIpc) is 2.98. The van der Waals surface area contributed by atoms with Gasteiger partial charge in [-0.25, -0.2) is 13.5 Å². The first kappa shape index (κ1) is 16.4. The minimum atomic E-state index is -2.82. The fourth-order valence-electron chi connectivity index (χ4n) is 2.46. The third-order valence-electron chi connectivity index (χ3n) is 3.90. The number of allylic oxidation sites excluding steroid dienone is 1. The van der Waals surface area contributed by atoms with Gasteiger partial charge in [-0.05, 0) is 30.2 Å². The van der Waals surface area contributed by atoms with E-state index in [0.29, 0.717) is 5.56 Å². The SMILES string of the molecule is C=CCC(c1ccc(-n2cccn2)cc1)C(F)(F)C(C)(C)C. The highest BCUT2D eigenvalue weighted by atomic mass is 19.3. The summed E-state index contributed by atoms with van der Waals surface area (Å²) in [6.07, 6.45) is 5.30. The summed E-state index contributed by atoms with van der Waals surface area (Å²) in [6, 6.07) is 8.96. The third-order valence-corrected chi connectivity index (χ3v) is 3.90. The Morgan fingerprint density at radius 1 is 1.23 bits per heavy atom. The van der Waals surface area contributed by atoms with E-state index in [9.17, 15) is 8.78 Å². The molecule has 0 spiro atoms. The number of hydrogen-bond donors (Lipinski definition) is 0. The number of halogens is 2. The van der Waals surface area contributed by atoms with Gasteiger partial charge in [0.1, 0.15) is 0 Å². The minimum absolute atomic E-state index is 0.241. The van der Waals surface area contributed by atoms with Crippen molar-refractivity contribution in [2.45, 2.75) is 39.0 Å². The van der Waals surface area contributed by atoms with Crippen LogP contribution >= 0.6 is 0 Å². The van der Waals surface area contributed by atoms with Gasteiger partial charge in [0, 0.05) is 17.8 Å². The van der Waals surface area contributed by atoms with Crippen LogP contribution in [0.2, 0.25) is 0 Å². The highest BCUT2D eigenvalue weighted by molar-refractivity contribution is 5.36. The van der Waals surface area contributed by atoms with Gasteiger partial charge in [0.15, 0.2) is 0 Å². The second-order valence-corrected chi connectivity index (χ2v) is 6.49. The fraction of sp³-hybridized carbons (Fsp3) is 0.389. The monoisotopic (exact) mass is 304 g/mol. The Balaban J connectivity index is 2.35. The summed E-state index contributed by atoms with van der Waals surface area (Å²) in [6.45, 7) is 8.34. The van der Waals surface area contributed by atoms with Gasteiger partial charge in [-0.1, -0.05) is 39.0 Å². The van der Waals surface area contributed by atoms with Crippen molar-refractivity contribution in [3.8, 4) is 5.69 Å². The van der Waals surface area contributed by atoms with E-state index in [2.05, 4.69) is 11.7 Å². The van der Waals surface area contributed by atoms with Crippen LogP contribution in [-0.2, 0) is 0 Å². The van der Waals surface area contributed by atoms with Crippen LogP contribution in [0.4, 0.5) is 8.78 Å². The van der Waals surface area contributed by atoms with E-state index in [1.807, 2.05) is 24.4 Å². The van der Waals surface area contributed by atoms with Gasteiger partial charge in [0.25, 0.3) is 5.92 Å². The van der Waals surface area contributed by atoms with Gasteiger partial charge in [0.05, 0.1) is 11.6 Å². The van der Waals surface area contributed by atoms with Crippen molar-refractivity contribution < 1.29 is 8.78 Å². The lowest BCUT2D eigenvalue weighted by Gasteiger charge is -2.37. The molecule has 0 bridgehead atoms. The van der Waals surface area contributed by atoms with Crippen LogP contribution in [0.5, 0.6) is 0 Å². The van der Waals surface area contributed by atoms with Crippen LogP contribution < -0.4 is 0 Å². The summed E-state index contributed by atoms with van der Waals surface area (Å²) in [5.74, 6) is -3.70. The van der Waals surface area contributed by atoms with Gasteiger partial charge in [0.2, 0.25) is 0 Å². The molecule has 0 aliphatic rings. The molecule has 0 aliphatic carbocycles. The van der Waals surface area contributed by atoms with Crippen LogP contribution in [0.3, 0.4) is 0 Å². The maximum absolute atomic E-state index is 14.8. The molecule has 0 aliphatic heterocycles. The standard InChI is InChI=1S/C18H22F2N2/c1-5-7-16(18(19,20)17(2,3)4)14-8-10-15(11-9-14)22-13-6-12-21-22/h5-6,8-13,16H,1,7H2,2-4H3. The average molecular weight is 304 g/mol. The molecule has 0 fully saturated rings. The quantitative estimate of drug-likeness (QED) is 0.693. The maximum atomic E-state index is 14.8. The van der Waals surface area contributed by atoms with E-state index < -0.39 is 17.3 Å². The molecule has 0 saturated heterocycles. The highest BCUT2D eigenvalue weighted by Crippen LogP contribution is 2.48. The molecule has 2 rings (SSSR count). The van der Waals surface area contributed by atoms with Gasteiger partial charge in [-0.3, -0.25) is 0 Å². The van der Waals surface area contributed by atoms with E-state index in [1.54, 1.807) is 49.9 Å². The molecule has 2 nitrogen and oxygen atoms in total. The predicted octanol–water partition coefficient (Wildman–Crippen LogP) is 5.21. The summed E-state index contributed by atoms with van der Waals surface area (Å²) in [7, 11) is 0. The number of nitrogens with zero attached hydrogens (tertiary/aromatic N) is 2. The third kappa shape index (κ3) is 3.11. The van der Waals surface area contributed by atoms with Crippen LogP contribution in [0.25, 0.3) is 5.69 Å². The summed E-state index contributed by atoms with van der Waals surface area (Å²) < 4.78 is 31.3. The summed E-state index contributed by atoms with van der Waals surface area (Å²) in [5, 5.41) is 4.14. The van der Waals surface area contributed by atoms with E-state index in [4.69, 9.17) is 0 Å². The molecule has 4 heteroatoms. The fourth-order valence-corrected chi connectivity index (χ4v) is 2.46. The largest absolute Gasteiger partial charge is 0.259 e. The predicted molar refractivity (Wildman–Crippen MR) is 85.5 cm³/mol. The van der Waals surface area contributed by atoms with Crippen molar-refractivity contribution in [2.75, 3.05) is 0 Å². The Morgan fingerprint density at radius 3 is 2.32 bits per heavy atom. The van der Waals surface area contributed by atoms with Gasteiger partial charge >= 0.3 is 0 Å². The lowest BCUT2D eigenvalue weighted by Crippen LogP contribution is -2.39.